The first-order valence-corrected chi connectivity index (χ1v) is 8.27. The van der Waals surface area contributed by atoms with Crippen molar-refractivity contribution in [3.05, 3.63) is 58.6 Å². The Morgan fingerprint density at radius 3 is 2.50 bits per heavy atom. The Kier molecular flexibility index (Phi) is 3.47. The van der Waals surface area contributed by atoms with E-state index in [0.29, 0.717) is 27.5 Å². The van der Waals surface area contributed by atoms with Crippen LogP contribution in [-0.2, 0) is 16.8 Å². The van der Waals surface area contributed by atoms with Crippen LogP contribution < -0.4 is 8.61 Å². The predicted octanol–water partition coefficient (Wildman–Crippen LogP) is 2.91. The molecule has 0 spiro atoms. The lowest BCUT2D eigenvalue weighted by Crippen LogP contribution is -2.35. The highest BCUT2D eigenvalue weighted by Crippen LogP contribution is 2.40. The second kappa shape index (κ2) is 5.20. The van der Waals surface area contributed by atoms with Gasteiger partial charge in [-0.05, 0) is 29.8 Å². The third-order valence-electron chi connectivity index (χ3n) is 3.61. The van der Waals surface area contributed by atoms with Crippen LogP contribution in [0.4, 0.5) is 11.4 Å². The van der Waals surface area contributed by atoms with Crippen molar-refractivity contribution in [1.29, 1.82) is 5.26 Å². The van der Waals surface area contributed by atoms with Gasteiger partial charge in [-0.2, -0.15) is 13.7 Å². The predicted molar refractivity (Wildman–Crippen MR) is 86.1 cm³/mol. The van der Waals surface area contributed by atoms with E-state index in [4.69, 9.17) is 16.9 Å². The number of fused-ring (bicyclic) bond motifs is 1. The van der Waals surface area contributed by atoms with E-state index < -0.39 is 10.2 Å². The van der Waals surface area contributed by atoms with Gasteiger partial charge in [0.1, 0.15) is 0 Å². The van der Waals surface area contributed by atoms with E-state index in [1.807, 2.05) is 6.07 Å². The molecule has 1 aliphatic rings. The van der Waals surface area contributed by atoms with Gasteiger partial charge in [0, 0.05) is 12.1 Å². The molecule has 0 radical (unpaired) electrons. The lowest BCUT2D eigenvalue weighted by Gasteiger charge is -2.19. The molecule has 5 nitrogen and oxygen atoms in total. The summed E-state index contributed by atoms with van der Waals surface area (Å²) >= 11 is 6.16. The minimum Gasteiger partial charge on any atom is -0.254 e. The molecule has 0 saturated heterocycles. The molecule has 0 aromatic heterocycles. The van der Waals surface area contributed by atoms with Crippen molar-refractivity contribution < 1.29 is 8.42 Å². The summed E-state index contributed by atoms with van der Waals surface area (Å²) in [5.41, 5.74) is 2.34. The van der Waals surface area contributed by atoms with Gasteiger partial charge >= 0.3 is 10.2 Å². The second-order valence-corrected chi connectivity index (χ2v) is 7.18. The molecule has 2 aromatic carbocycles. The van der Waals surface area contributed by atoms with E-state index >= 15 is 0 Å². The summed E-state index contributed by atoms with van der Waals surface area (Å²) in [6.07, 6.45) is 0. The summed E-state index contributed by atoms with van der Waals surface area (Å²) in [6.45, 7) is 0.119. The van der Waals surface area contributed by atoms with E-state index in [1.54, 1.807) is 36.4 Å². The van der Waals surface area contributed by atoms with Gasteiger partial charge in [0.25, 0.3) is 0 Å². The fourth-order valence-corrected chi connectivity index (χ4v) is 4.05. The SMILES string of the molecule is CN1c2ccccc2N(Cc2ccc(C#N)cc2Cl)S1(=O)=O. The second-order valence-electron chi connectivity index (χ2n) is 4.89. The molecule has 2 aromatic rings. The van der Waals surface area contributed by atoms with Gasteiger partial charge in [0.15, 0.2) is 0 Å². The van der Waals surface area contributed by atoms with Gasteiger partial charge in [-0.25, -0.2) is 4.31 Å². The Bertz CT molecular complexity index is 890. The zero-order chi connectivity index (χ0) is 15.9. The van der Waals surface area contributed by atoms with Gasteiger partial charge < -0.3 is 0 Å². The quantitative estimate of drug-likeness (QED) is 0.848. The highest BCUT2D eigenvalue weighted by molar-refractivity contribution is 7.94. The van der Waals surface area contributed by atoms with Gasteiger partial charge in [-0.15, -0.1) is 0 Å². The minimum absolute atomic E-state index is 0.119. The van der Waals surface area contributed by atoms with Crippen molar-refractivity contribution in [3.63, 3.8) is 0 Å². The molecule has 0 amide bonds. The van der Waals surface area contributed by atoms with Crippen LogP contribution in [-0.4, -0.2) is 15.5 Å². The molecular weight excluding hydrogens is 322 g/mol. The maximum atomic E-state index is 12.5. The molecule has 3 rings (SSSR count). The van der Waals surface area contributed by atoms with Crippen molar-refractivity contribution >= 4 is 33.2 Å². The third kappa shape index (κ3) is 2.19. The molecular formula is C15H12ClN3O2S. The molecule has 1 aliphatic heterocycles. The molecule has 7 heteroatoms. The van der Waals surface area contributed by atoms with Crippen molar-refractivity contribution in [3.8, 4) is 6.07 Å². The number of anilines is 2. The van der Waals surface area contributed by atoms with Crippen LogP contribution in [0, 0.1) is 11.3 Å². The third-order valence-corrected chi connectivity index (χ3v) is 5.73. The highest BCUT2D eigenvalue weighted by Gasteiger charge is 2.37. The normalized spacial score (nSPS) is 15.5. The van der Waals surface area contributed by atoms with Gasteiger partial charge in [0.05, 0.1) is 29.6 Å². The first-order valence-electron chi connectivity index (χ1n) is 6.49. The first-order chi connectivity index (χ1) is 10.4. The van der Waals surface area contributed by atoms with Crippen molar-refractivity contribution in [2.45, 2.75) is 6.54 Å². The van der Waals surface area contributed by atoms with Gasteiger partial charge in [0.2, 0.25) is 0 Å². The average Bonchev–Trinajstić information content (AvgIpc) is 2.70. The Morgan fingerprint density at radius 1 is 1.18 bits per heavy atom. The van der Waals surface area contributed by atoms with Crippen LogP contribution in [0.2, 0.25) is 5.02 Å². The molecule has 0 bridgehead atoms. The zero-order valence-corrected chi connectivity index (χ0v) is 13.3. The summed E-state index contributed by atoms with van der Waals surface area (Å²) in [6, 6.07) is 13.9. The zero-order valence-electron chi connectivity index (χ0n) is 11.7. The maximum absolute atomic E-state index is 12.5. The molecule has 0 unspecified atom stereocenters. The highest BCUT2D eigenvalue weighted by atomic mass is 35.5. The Morgan fingerprint density at radius 2 is 1.86 bits per heavy atom. The van der Waals surface area contributed by atoms with Gasteiger partial charge in [-0.3, -0.25) is 4.31 Å². The fourth-order valence-electron chi connectivity index (χ4n) is 2.40. The summed E-state index contributed by atoms with van der Waals surface area (Å²) in [5, 5.41) is 9.24. The Hall–Kier alpha value is -2.23. The number of para-hydroxylation sites is 2. The van der Waals surface area contributed by atoms with E-state index in [1.165, 1.54) is 21.7 Å². The number of hydrogen-bond acceptors (Lipinski definition) is 3. The molecule has 0 aliphatic carbocycles. The molecule has 1 heterocycles. The monoisotopic (exact) mass is 333 g/mol. The molecule has 112 valence electrons. The number of benzene rings is 2. The van der Waals surface area contributed by atoms with Crippen LogP contribution in [0.5, 0.6) is 0 Å². The lowest BCUT2D eigenvalue weighted by atomic mass is 10.1. The first kappa shape index (κ1) is 14.7. The van der Waals surface area contributed by atoms with E-state index in [2.05, 4.69) is 0 Å². The van der Waals surface area contributed by atoms with Crippen LogP contribution in [0.25, 0.3) is 0 Å². The van der Waals surface area contributed by atoms with Crippen LogP contribution >= 0.6 is 11.6 Å². The summed E-state index contributed by atoms with van der Waals surface area (Å²) in [7, 11) is -2.09. The van der Waals surface area contributed by atoms with Crippen LogP contribution in [0.3, 0.4) is 0 Å². The summed E-state index contributed by atoms with van der Waals surface area (Å²) in [5.74, 6) is 0. The lowest BCUT2D eigenvalue weighted by molar-refractivity contribution is 0.592. The Balaban J connectivity index is 2.04. The molecule has 0 fully saturated rings. The maximum Gasteiger partial charge on any atom is 0.326 e. The number of nitriles is 1. The Labute approximate surface area is 134 Å². The topological polar surface area (TPSA) is 64.4 Å². The molecule has 0 saturated carbocycles. The van der Waals surface area contributed by atoms with E-state index in [-0.39, 0.29) is 6.54 Å². The van der Waals surface area contributed by atoms with Crippen molar-refractivity contribution in [1.82, 2.24) is 0 Å². The van der Waals surface area contributed by atoms with Crippen LogP contribution in [0.15, 0.2) is 42.5 Å². The number of nitrogens with zero attached hydrogens (tertiary/aromatic N) is 3. The number of hydrogen-bond donors (Lipinski definition) is 0. The van der Waals surface area contributed by atoms with E-state index in [0.717, 1.165) is 0 Å². The number of rotatable bonds is 2. The van der Waals surface area contributed by atoms with Gasteiger partial charge in [-0.1, -0.05) is 29.8 Å². The smallest absolute Gasteiger partial charge is 0.254 e. The minimum atomic E-state index is -3.61. The van der Waals surface area contributed by atoms with Crippen molar-refractivity contribution in [2.75, 3.05) is 15.7 Å². The summed E-state index contributed by atoms with van der Waals surface area (Å²) in [4.78, 5) is 0. The summed E-state index contributed by atoms with van der Waals surface area (Å²) < 4.78 is 27.7. The standard InChI is InChI=1S/C15H12ClN3O2S/c1-18-14-4-2-3-5-15(14)19(22(18,20)21)10-12-7-6-11(9-17)8-13(12)16/h2-8H,10H2,1H3. The van der Waals surface area contributed by atoms with E-state index in [9.17, 15) is 8.42 Å². The average molecular weight is 334 g/mol. The van der Waals surface area contributed by atoms with Crippen LogP contribution in [0.1, 0.15) is 11.1 Å². The molecule has 0 N–H and O–H groups in total. The largest absolute Gasteiger partial charge is 0.326 e. The van der Waals surface area contributed by atoms with Crippen molar-refractivity contribution in [2.24, 2.45) is 0 Å². The molecule has 0 atom stereocenters. The molecule has 22 heavy (non-hydrogen) atoms. The fraction of sp³-hybridized carbons (Fsp3) is 0.133. The number of halogens is 1.